The van der Waals surface area contributed by atoms with Crippen LogP contribution < -0.4 is 15.6 Å². The Morgan fingerprint density at radius 1 is 1.11 bits per heavy atom. The van der Waals surface area contributed by atoms with E-state index >= 15 is 0 Å². The third-order valence-corrected chi connectivity index (χ3v) is 6.31. The van der Waals surface area contributed by atoms with Crippen LogP contribution in [0, 0.1) is 5.92 Å². The average molecular weight is 529 g/mol. The van der Waals surface area contributed by atoms with Crippen LogP contribution in [0.15, 0.2) is 71.8 Å². The van der Waals surface area contributed by atoms with E-state index in [0.29, 0.717) is 28.9 Å². The molecule has 0 fully saturated rings. The smallest absolute Gasteiger partial charge is 0.321 e. The zero-order valence-corrected chi connectivity index (χ0v) is 21.5. The van der Waals surface area contributed by atoms with Gasteiger partial charge in [0.05, 0.1) is 23.4 Å². The van der Waals surface area contributed by atoms with E-state index in [1.54, 1.807) is 66.6 Å². The molecule has 0 spiro atoms. The second-order valence-electron chi connectivity index (χ2n) is 9.34. The number of rotatable bonds is 8. The maximum Gasteiger partial charge on any atom is 0.321 e. The third kappa shape index (κ3) is 5.83. The van der Waals surface area contributed by atoms with E-state index in [4.69, 9.17) is 16.3 Å². The molecular formula is C27H27ClF2N4O3. The van der Waals surface area contributed by atoms with Crippen molar-refractivity contribution in [1.29, 1.82) is 0 Å². The Bertz CT molecular complexity index is 1480. The molecule has 2 aromatic heterocycles. The number of carbonyl (C=O) groups is 1. The fourth-order valence-corrected chi connectivity index (χ4v) is 4.14. The summed E-state index contributed by atoms with van der Waals surface area (Å²) in [6.45, 7) is 4.21. The number of benzene rings is 2. The molecule has 0 aliphatic carbocycles. The van der Waals surface area contributed by atoms with Crippen LogP contribution >= 0.6 is 11.6 Å². The van der Waals surface area contributed by atoms with Crippen molar-refractivity contribution in [3.8, 4) is 11.4 Å². The number of aryl methyl sites for hydroxylation is 1. The summed E-state index contributed by atoms with van der Waals surface area (Å²) in [6, 6.07) is 14.6. The molecule has 4 aromatic rings. The monoisotopic (exact) mass is 528 g/mol. The van der Waals surface area contributed by atoms with Crippen molar-refractivity contribution in [3.63, 3.8) is 0 Å². The molecule has 37 heavy (non-hydrogen) atoms. The molecule has 0 radical (unpaired) electrons. The molecule has 0 saturated heterocycles. The van der Waals surface area contributed by atoms with Crippen LogP contribution in [0.4, 0.5) is 8.78 Å². The first-order valence-electron chi connectivity index (χ1n) is 11.7. The zero-order valence-electron chi connectivity index (χ0n) is 20.8. The van der Waals surface area contributed by atoms with Crippen molar-refractivity contribution in [2.24, 2.45) is 13.0 Å². The molecule has 1 amide bonds. The van der Waals surface area contributed by atoms with E-state index in [1.807, 2.05) is 19.9 Å². The van der Waals surface area contributed by atoms with Gasteiger partial charge in [-0.3, -0.25) is 9.59 Å². The van der Waals surface area contributed by atoms with Gasteiger partial charge in [0, 0.05) is 36.6 Å². The topological polar surface area (TPSA) is 78.2 Å². The zero-order chi connectivity index (χ0) is 26.9. The molecule has 0 aliphatic rings. The predicted octanol–water partition coefficient (Wildman–Crippen LogP) is 5.29. The maximum absolute atomic E-state index is 13.8. The quantitative estimate of drug-likeness (QED) is 0.337. The highest BCUT2D eigenvalue weighted by atomic mass is 35.5. The number of nitrogens with one attached hydrogen (secondary N) is 1. The first-order valence-corrected chi connectivity index (χ1v) is 12.1. The Morgan fingerprint density at radius 3 is 2.43 bits per heavy atom. The van der Waals surface area contributed by atoms with Gasteiger partial charge in [-0.15, -0.1) is 0 Å². The number of ether oxygens (including phenoxy) is 1. The summed E-state index contributed by atoms with van der Waals surface area (Å²) < 4.78 is 37.0. The lowest BCUT2D eigenvalue weighted by Gasteiger charge is -2.32. The van der Waals surface area contributed by atoms with Gasteiger partial charge in [0.2, 0.25) is 5.56 Å². The Kier molecular flexibility index (Phi) is 7.36. The van der Waals surface area contributed by atoms with Crippen LogP contribution in [-0.2, 0) is 11.8 Å². The molecule has 4 rings (SSSR count). The lowest BCUT2D eigenvalue weighted by molar-refractivity contribution is -0.145. The van der Waals surface area contributed by atoms with Crippen molar-refractivity contribution in [2.45, 2.75) is 38.8 Å². The molecular weight excluding hydrogens is 502 g/mol. The number of hydrogen-bond acceptors (Lipinski definition) is 4. The lowest BCUT2D eigenvalue weighted by atomic mass is 9.92. The number of fused-ring (bicyclic) bond motifs is 1. The first kappa shape index (κ1) is 26.3. The van der Waals surface area contributed by atoms with E-state index in [1.165, 1.54) is 10.6 Å². The van der Waals surface area contributed by atoms with E-state index in [-0.39, 0.29) is 11.5 Å². The van der Waals surface area contributed by atoms with Crippen molar-refractivity contribution >= 4 is 28.4 Å². The summed E-state index contributed by atoms with van der Waals surface area (Å²) >= 11 is 6.06. The largest absolute Gasteiger partial charge is 0.484 e. The van der Waals surface area contributed by atoms with E-state index in [2.05, 4.69) is 10.4 Å². The summed E-state index contributed by atoms with van der Waals surface area (Å²) in [7, 11) is 1.67. The fraction of sp³-hybridized carbons (Fsp3) is 0.296. The average Bonchev–Trinajstić information content (AvgIpc) is 3.26. The molecule has 10 heteroatoms. The highest BCUT2D eigenvalue weighted by molar-refractivity contribution is 6.30. The third-order valence-electron chi connectivity index (χ3n) is 6.06. The standard InChI is InChI=1S/C27H27ClF2N4O3/c1-16(2)24(32-26(36)27(3,29)30)25(17-5-7-19(28)8-6-17)37-21-10-11-22-18(13-21)14-31-34(22)20-9-12-23(35)33(4)15-20/h5-16,24-25H,1-4H3,(H,32,36)/t24-,25+/m0/s1. The number of amides is 1. The van der Waals surface area contributed by atoms with Gasteiger partial charge in [0.15, 0.2) is 0 Å². The molecule has 7 nitrogen and oxygen atoms in total. The highest BCUT2D eigenvalue weighted by Crippen LogP contribution is 2.32. The fourth-order valence-electron chi connectivity index (χ4n) is 4.01. The molecule has 0 bridgehead atoms. The number of carbonyl (C=O) groups excluding carboxylic acids is 1. The number of hydrogen-bond donors (Lipinski definition) is 1. The number of halogens is 3. The van der Waals surface area contributed by atoms with E-state index in [0.717, 1.165) is 10.9 Å². The van der Waals surface area contributed by atoms with Gasteiger partial charge in [-0.25, -0.2) is 4.68 Å². The van der Waals surface area contributed by atoms with Crippen LogP contribution in [0.5, 0.6) is 5.75 Å². The SMILES string of the molecule is CC(C)[C@H](NC(=O)C(C)(F)F)[C@H](Oc1ccc2c(cnn2-c2ccc(=O)n(C)c2)c1)c1ccc(Cl)cc1. The molecule has 0 aliphatic heterocycles. The number of alkyl halides is 2. The Hall–Kier alpha value is -3.72. The van der Waals surface area contributed by atoms with E-state index < -0.39 is 24.0 Å². The Morgan fingerprint density at radius 2 is 1.81 bits per heavy atom. The van der Waals surface area contributed by atoms with Crippen LogP contribution in [0.25, 0.3) is 16.6 Å². The predicted molar refractivity (Wildman–Crippen MR) is 139 cm³/mol. The number of nitrogens with zero attached hydrogens (tertiary/aromatic N) is 3. The number of aromatic nitrogens is 3. The number of pyridine rings is 1. The van der Waals surface area contributed by atoms with Crippen molar-refractivity contribution in [3.05, 3.63) is 87.9 Å². The molecule has 0 saturated carbocycles. The minimum absolute atomic E-state index is 0.128. The van der Waals surface area contributed by atoms with Gasteiger partial charge < -0.3 is 14.6 Å². The van der Waals surface area contributed by atoms with Crippen LogP contribution in [0.3, 0.4) is 0 Å². The summed E-state index contributed by atoms with van der Waals surface area (Å²) in [5, 5.41) is 8.20. The van der Waals surface area contributed by atoms with Gasteiger partial charge >= 0.3 is 5.92 Å². The molecule has 2 heterocycles. The molecule has 2 aromatic carbocycles. The highest BCUT2D eigenvalue weighted by Gasteiger charge is 2.38. The van der Waals surface area contributed by atoms with Gasteiger partial charge in [-0.1, -0.05) is 37.6 Å². The van der Waals surface area contributed by atoms with Crippen LogP contribution in [-0.4, -0.2) is 32.2 Å². The van der Waals surface area contributed by atoms with Gasteiger partial charge in [0.1, 0.15) is 11.9 Å². The van der Waals surface area contributed by atoms with Crippen LogP contribution in [0.2, 0.25) is 5.02 Å². The van der Waals surface area contributed by atoms with Crippen molar-refractivity contribution in [2.75, 3.05) is 0 Å². The Balaban J connectivity index is 1.70. The summed E-state index contributed by atoms with van der Waals surface area (Å²) in [5.41, 5.74) is 2.04. The molecule has 0 unspecified atom stereocenters. The lowest BCUT2D eigenvalue weighted by Crippen LogP contribution is -2.49. The normalized spacial score (nSPS) is 13.5. The summed E-state index contributed by atoms with van der Waals surface area (Å²) in [5.74, 6) is -4.67. The summed E-state index contributed by atoms with van der Waals surface area (Å²) in [6.07, 6.45) is 2.58. The molecule has 2 atom stereocenters. The summed E-state index contributed by atoms with van der Waals surface area (Å²) in [4.78, 5) is 24.0. The minimum Gasteiger partial charge on any atom is -0.484 e. The van der Waals surface area contributed by atoms with Gasteiger partial charge in [-0.05, 0) is 47.9 Å². The van der Waals surface area contributed by atoms with E-state index in [9.17, 15) is 18.4 Å². The molecule has 194 valence electrons. The molecule has 1 N–H and O–H groups in total. The first-order chi connectivity index (χ1) is 17.4. The second kappa shape index (κ2) is 10.3. The van der Waals surface area contributed by atoms with Crippen LogP contribution in [0.1, 0.15) is 32.4 Å². The van der Waals surface area contributed by atoms with Gasteiger partial charge in [-0.2, -0.15) is 13.9 Å². The van der Waals surface area contributed by atoms with Gasteiger partial charge in [0.25, 0.3) is 5.91 Å². The van der Waals surface area contributed by atoms with Crippen molar-refractivity contribution < 1.29 is 18.3 Å². The minimum atomic E-state index is -3.54. The van der Waals surface area contributed by atoms with Crippen molar-refractivity contribution in [1.82, 2.24) is 19.7 Å². The Labute approximate surface area is 217 Å². The maximum atomic E-state index is 13.8. The second-order valence-corrected chi connectivity index (χ2v) is 9.77.